The van der Waals surface area contributed by atoms with Gasteiger partial charge in [0.25, 0.3) is 0 Å². The van der Waals surface area contributed by atoms with Gasteiger partial charge in [0.05, 0.1) is 0 Å². The molecule has 0 radical (unpaired) electrons. The van der Waals surface area contributed by atoms with Crippen molar-refractivity contribution in [3.63, 3.8) is 0 Å². The van der Waals surface area contributed by atoms with E-state index in [1.54, 1.807) is 12.1 Å². The molecule has 3 rings (SSSR count). The molecule has 0 atom stereocenters. The molecule has 0 spiro atoms. The molecule has 3 aromatic carbocycles. The van der Waals surface area contributed by atoms with E-state index in [2.05, 4.69) is 97.0 Å². The quantitative estimate of drug-likeness (QED) is 0.467. The highest BCUT2D eigenvalue weighted by Crippen LogP contribution is 2.41. The van der Waals surface area contributed by atoms with E-state index in [1.165, 1.54) is 27.8 Å². The Kier molecular flexibility index (Phi) is 5.38. The summed E-state index contributed by atoms with van der Waals surface area (Å²) < 4.78 is 0. The Balaban J connectivity index is 2.28. The highest BCUT2D eigenvalue weighted by Gasteiger charge is 2.33. The fraction of sp³-hybridized carbons (Fsp3) is 0.357. The van der Waals surface area contributed by atoms with Crippen LogP contribution in [-0.2, 0) is 16.2 Å². The Hall–Kier alpha value is -2.54. The third-order valence-electron chi connectivity index (χ3n) is 6.06. The van der Waals surface area contributed by atoms with Crippen molar-refractivity contribution < 1.29 is 5.11 Å². The van der Waals surface area contributed by atoms with Gasteiger partial charge >= 0.3 is 0 Å². The van der Waals surface area contributed by atoms with E-state index in [9.17, 15) is 5.11 Å². The maximum atomic E-state index is 9.87. The molecular weight excluding hydrogens is 352 g/mol. The summed E-state index contributed by atoms with van der Waals surface area (Å²) in [5.41, 5.74) is 6.20. The molecule has 1 nitrogen and oxygen atoms in total. The molecule has 29 heavy (non-hydrogen) atoms. The van der Waals surface area contributed by atoms with E-state index in [-0.39, 0.29) is 16.2 Å². The zero-order valence-electron chi connectivity index (χ0n) is 18.9. The summed E-state index contributed by atoms with van der Waals surface area (Å²) in [7, 11) is 0. The maximum absolute atomic E-state index is 9.87. The highest BCUT2D eigenvalue weighted by molar-refractivity contribution is 5.52. The molecule has 1 heteroatoms. The smallest absolute Gasteiger partial charge is 0.115 e. The van der Waals surface area contributed by atoms with E-state index >= 15 is 0 Å². The standard InChI is InChI=1S/C28H34O/c1-26(2,3)21-10-8-12-23(18-21)28(7,20-14-16-25(29)17-15-20)24-13-9-11-22(19-24)27(4,5)6/h8-19,29H,1-7H3. The van der Waals surface area contributed by atoms with Crippen molar-refractivity contribution in [2.24, 2.45) is 0 Å². The second-order valence-electron chi connectivity index (χ2n) is 10.3. The van der Waals surface area contributed by atoms with Gasteiger partial charge < -0.3 is 5.11 Å². The number of phenolic OH excluding ortho intramolecular Hbond substituents is 1. The first kappa shape index (κ1) is 21.2. The molecule has 0 saturated heterocycles. The number of phenols is 1. The number of benzene rings is 3. The molecule has 152 valence electrons. The van der Waals surface area contributed by atoms with Crippen molar-refractivity contribution in [2.45, 2.75) is 64.7 Å². The lowest BCUT2D eigenvalue weighted by molar-refractivity contribution is 0.474. The van der Waals surface area contributed by atoms with E-state index in [0.717, 1.165) is 0 Å². The molecule has 1 N–H and O–H groups in total. The summed E-state index contributed by atoms with van der Waals surface area (Å²) in [5, 5.41) is 9.87. The van der Waals surface area contributed by atoms with Gasteiger partial charge in [0.15, 0.2) is 0 Å². The van der Waals surface area contributed by atoms with Crippen molar-refractivity contribution >= 4 is 0 Å². The monoisotopic (exact) mass is 386 g/mol. The van der Waals surface area contributed by atoms with Crippen LogP contribution in [0.2, 0.25) is 0 Å². The van der Waals surface area contributed by atoms with E-state index in [1.807, 2.05) is 12.1 Å². The number of hydrogen-bond donors (Lipinski definition) is 1. The van der Waals surface area contributed by atoms with E-state index < -0.39 is 0 Å². The summed E-state index contributed by atoms with van der Waals surface area (Å²) in [6.07, 6.45) is 0. The summed E-state index contributed by atoms with van der Waals surface area (Å²) in [4.78, 5) is 0. The minimum absolute atomic E-state index is 0.0825. The fourth-order valence-electron chi connectivity index (χ4n) is 3.89. The van der Waals surface area contributed by atoms with Crippen molar-refractivity contribution in [3.8, 4) is 5.75 Å². The lowest BCUT2D eigenvalue weighted by Crippen LogP contribution is -2.27. The van der Waals surface area contributed by atoms with Crippen LogP contribution < -0.4 is 0 Å². The Morgan fingerprint density at radius 2 is 0.862 bits per heavy atom. The molecule has 0 aliphatic heterocycles. The average molecular weight is 387 g/mol. The molecule has 0 aliphatic carbocycles. The van der Waals surface area contributed by atoms with Gasteiger partial charge in [-0.05, 0) is 57.7 Å². The van der Waals surface area contributed by atoms with E-state index in [0.29, 0.717) is 5.75 Å². The lowest BCUT2D eigenvalue weighted by Gasteiger charge is -2.34. The normalized spacial score (nSPS) is 12.8. The summed E-state index contributed by atoms with van der Waals surface area (Å²) >= 11 is 0. The Labute approximate surface area is 176 Å². The largest absolute Gasteiger partial charge is 0.508 e. The van der Waals surface area contributed by atoms with Gasteiger partial charge in [-0.25, -0.2) is 0 Å². The van der Waals surface area contributed by atoms with Crippen LogP contribution in [0.5, 0.6) is 5.75 Å². The molecule has 0 unspecified atom stereocenters. The van der Waals surface area contributed by atoms with Crippen LogP contribution >= 0.6 is 0 Å². The maximum Gasteiger partial charge on any atom is 0.115 e. The molecular formula is C28H34O. The minimum atomic E-state index is -0.323. The van der Waals surface area contributed by atoms with Crippen molar-refractivity contribution in [1.82, 2.24) is 0 Å². The topological polar surface area (TPSA) is 20.2 Å². The van der Waals surface area contributed by atoms with Gasteiger partial charge in [-0.15, -0.1) is 0 Å². The van der Waals surface area contributed by atoms with E-state index in [4.69, 9.17) is 0 Å². The fourth-order valence-corrected chi connectivity index (χ4v) is 3.89. The first-order chi connectivity index (χ1) is 13.4. The van der Waals surface area contributed by atoms with Crippen molar-refractivity contribution in [1.29, 1.82) is 0 Å². The molecule has 0 heterocycles. The highest BCUT2D eigenvalue weighted by atomic mass is 16.3. The van der Waals surface area contributed by atoms with Crippen LogP contribution in [-0.4, -0.2) is 5.11 Å². The zero-order chi connectivity index (χ0) is 21.4. The third kappa shape index (κ3) is 4.24. The number of aromatic hydroxyl groups is 1. The van der Waals surface area contributed by atoms with Gasteiger partial charge in [-0.2, -0.15) is 0 Å². The Morgan fingerprint density at radius 3 is 1.24 bits per heavy atom. The molecule has 0 aliphatic rings. The Morgan fingerprint density at radius 1 is 0.483 bits per heavy atom. The summed E-state index contributed by atoms with van der Waals surface area (Å²) in [5.74, 6) is 0.294. The van der Waals surface area contributed by atoms with Crippen LogP contribution in [0.1, 0.15) is 76.3 Å². The Bertz CT molecular complexity index is 924. The molecule has 0 amide bonds. The van der Waals surface area contributed by atoms with Gasteiger partial charge in [-0.1, -0.05) is 102 Å². The van der Waals surface area contributed by atoms with Gasteiger partial charge in [-0.3, -0.25) is 0 Å². The van der Waals surface area contributed by atoms with Crippen LogP contribution in [0.3, 0.4) is 0 Å². The van der Waals surface area contributed by atoms with Crippen LogP contribution in [0.15, 0.2) is 72.8 Å². The molecule has 0 aromatic heterocycles. The second kappa shape index (κ2) is 7.37. The van der Waals surface area contributed by atoms with Gasteiger partial charge in [0.2, 0.25) is 0 Å². The van der Waals surface area contributed by atoms with Crippen molar-refractivity contribution in [2.75, 3.05) is 0 Å². The van der Waals surface area contributed by atoms with Gasteiger partial charge in [0.1, 0.15) is 5.75 Å². The SMILES string of the molecule is CC(C)(C)c1cccc(C(C)(c2ccc(O)cc2)c2cccc(C(C)(C)C)c2)c1. The van der Waals surface area contributed by atoms with Crippen LogP contribution in [0.4, 0.5) is 0 Å². The predicted molar refractivity (Wildman–Crippen MR) is 124 cm³/mol. The first-order valence-corrected chi connectivity index (χ1v) is 10.4. The predicted octanol–water partition coefficient (Wildman–Crippen LogP) is 7.34. The summed E-state index contributed by atoms with van der Waals surface area (Å²) in [6, 6.07) is 25.6. The number of hydrogen-bond acceptors (Lipinski definition) is 1. The summed E-state index contributed by atoms with van der Waals surface area (Å²) in [6.45, 7) is 15.8. The van der Waals surface area contributed by atoms with Gasteiger partial charge in [0, 0.05) is 5.41 Å². The molecule has 0 saturated carbocycles. The first-order valence-electron chi connectivity index (χ1n) is 10.4. The average Bonchev–Trinajstić information content (AvgIpc) is 2.67. The lowest BCUT2D eigenvalue weighted by atomic mass is 9.69. The second-order valence-corrected chi connectivity index (χ2v) is 10.3. The van der Waals surface area contributed by atoms with Crippen molar-refractivity contribution in [3.05, 3.63) is 101 Å². The molecule has 0 bridgehead atoms. The zero-order valence-corrected chi connectivity index (χ0v) is 18.9. The third-order valence-corrected chi connectivity index (χ3v) is 6.06. The number of rotatable bonds is 3. The van der Waals surface area contributed by atoms with Crippen LogP contribution in [0, 0.1) is 0 Å². The molecule has 3 aromatic rings. The molecule has 0 fully saturated rings. The van der Waals surface area contributed by atoms with Crippen LogP contribution in [0.25, 0.3) is 0 Å². The minimum Gasteiger partial charge on any atom is -0.508 e.